The first-order valence-electron chi connectivity index (χ1n) is 8.34. The third kappa shape index (κ3) is 2.68. The van der Waals surface area contributed by atoms with Gasteiger partial charge in [-0.25, -0.2) is 9.97 Å². The maximum Gasteiger partial charge on any atom is 0.260 e. The lowest BCUT2D eigenvalue weighted by atomic mass is 9.99. The Kier molecular flexibility index (Phi) is 4.02. The number of nitrogens with two attached hydrogens (primary N) is 1. The largest absolute Gasteiger partial charge is 0.388 e. The van der Waals surface area contributed by atoms with Gasteiger partial charge >= 0.3 is 0 Å². The smallest absolute Gasteiger partial charge is 0.260 e. The number of hydrogen-bond donors (Lipinski definition) is 6. The van der Waals surface area contributed by atoms with Gasteiger partial charge in [0.15, 0.2) is 0 Å². The Morgan fingerprint density at radius 1 is 1.35 bits per heavy atom. The number of aromatic nitrogens is 4. The molecule has 0 radical (unpaired) electrons. The maximum absolute atomic E-state index is 12.3. The van der Waals surface area contributed by atoms with E-state index in [9.17, 15) is 15.0 Å². The van der Waals surface area contributed by atoms with Crippen molar-refractivity contribution in [2.75, 3.05) is 24.7 Å². The van der Waals surface area contributed by atoms with Crippen molar-refractivity contribution in [3.63, 3.8) is 0 Å². The lowest BCUT2D eigenvalue weighted by Crippen LogP contribution is -2.30. The monoisotopic (exact) mass is 360 g/mol. The van der Waals surface area contributed by atoms with Gasteiger partial charge in [-0.15, -0.1) is 0 Å². The molecule has 0 unspecified atom stereocenters. The molecule has 3 atom stereocenters. The molecule has 10 nitrogen and oxygen atoms in total. The van der Waals surface area contributed by atoms with E-state index in [0.29, 0.717) is 40.7 Å². The van der Waals surface area contributed by atoms with E-state index in [2.05, 4.69) is 25.3 Å². The van der Waals surface area contributed by atoms with Crippen molar-refractivity contribution in [2.24, 2.45) is 0 Å². The van der Waals surface area contributed by atoms with Crippen LogP contribution in [0.15, 0.2) is 10.9 Å². The van der Waals surface area contributed by atoms with Crippen molar-refractivity contribution in [1.29, 1.82) is 0 Å². The molecule has 1 aliphatic heterocycles. The highest BCUT2D eigenvalue weighted by Crippen LogP contribution is 2.28. The Bertz CT molecular complexity index is 1030. The van der Waals surface area contributed by atoms with Crippen LogP contribution in [0.25, 0.3) is 21.9 Å². The number of fused-ring (bicyclic) bond motifs is 2. The zero-order chi connectivity index (χ0) is 18.4. The number of aryl methyl sites for hydroxylation is 1. The summed E-state index contributed by atoms with van der Waals surface area (Å²) in [6.45, 7) is 0.105. The average molecular weight is 360 g/mol. The molecule has 4 rings (SSSR count). The Morgan fingerprint density at radius 3 is 2.85 bits per heavy atom. The van der Waals surface area contributed by atoms with Gasteiger partial charge in [0.2, 0.25) is 11.9 Å². The SMILES string of the molecule is CNc1nc2c(CC[C@H]3OC[C@H](O)[C@@H]3O)c3nc(N)[nH]c(=O)c3cc2[nH]1. The van der Waals surface area contributed by atoms with Gasteiger partial charge in [-0.1, -0.05) is 0 Å². The van der Waals surface area contributed by atoms with E-state index in [4.69, 9.17) is 10.5 Å². The Morgan fingerprint density at radius 2 is 2.15 bits per heavy atom. The van der Waals surface area contributed by atoms with Gasteiger partial charge < -0.3 is 31.0 Å². The number of benzene rings is 1. The molecule has 0 aliphatic carbocycles. The molecule has 0 amide bonds. The average Bonchev–Trinajstić information content (AvgIpc) is 3.16. The zero-order valence-corrected chi connectivity index (χ0v) is 14.1. The Labute approximate surface area is 147 Å². The zero-order valence-electron chi connectivity index (χ0n) is 14.1. The van der Waals surface area contributed by atoms with Crippen LogP contribution in [0.5, 0.6) is 0 Å². The van der Waals surface area contributed by atoms with E-state index in [1.807, 2.05) is 0 Å². The summed E-state index contributed by atoms with van der Waals surface area (Å²) in [6, 6.07) is 1.69. The highest BCUT2D eigenvalue weighted by molar-refractivity contribution is 5.98. The van der Waals surface area contributed by atoms with Gasteiger partial charge in [0.25, 0.3) is 5.56 Å². The van der Waals surface area contributed by atoms with Crippen molar-refractivity contribution in [2.45, 2.75) is 31.2 Å². The van der Waals surface area contributed by atoms with Crippen LogP contribution in [0.2, 0.25) is 0 Å². The molecule has 1 saturated heterocycles. The molecule has 3 aromatic rings. The van der Waals surface area contributed by atoms with E-state index in [0.717, 1.165) is 5.56 Å². The van der Waals surface area contributed by atoms with E-state index < -0.39 is 18.3 Å². The first kappa shape index (κ1) is 16.8. The molecule has 26 heavy (non-hydrogen) atoms. The third-order valence-electron chi connectivity index (χ3n) is 4.74. The Balaban J connectivity index is 1.83. The first-order valence-corrected chi connectivity index (χ1v) is 8.34. The predicted octanol–water partition coefficient (Wildman–Crippen LogP) is -0.523. The van der Waals surface area contributed by atoms with E-state index >= 15 is 0 Å². The molecule has 1 fully saturated rings. The third-order valence-corrected chi connectivity index (χ3v) is 4.74. The molecule has 138 valence electrons. The number of anilines is 2. The van der Waals surface area contributed by atoms with Gasteiger partial charge in [0.05, 0.1) is 34.6 Å². The predicted molar refractivity (Wildman–Crippen MR) is 96.0 cm³/mol. The fourth-order valence-electron chi connectivity index (χ4n) is 3.40. The molecular weight excluding hydrogens is 340 g/mol. The highest BCUT2D eigenvalue weighted by atomic mass is 16.5. The summed E-state index contributed by atoms with van der Waals surface area (Å²) in [6.07, 6.45) is -1.41. The number of aliphatic hydroxyl groups excluding tert-OH is 2. The van der Waals surface area contributed by atoms with Crippen molar-refractivity contribution in [3.05, 3.63) is 22.0 Å². The summed E-state index contributed by atoms with van der Waals surface area (Å²) in [4.78, 5) is 26.7. The Hall–Kier alpha value is -2.69. The van der Waals surface area contributed by atoms with Crippen LogP contribution in [0.3, 0.4) is 0 Å². The van der Waals surface area contributed by atoms with Gasteiger partial charge in [0.1, 0.15) is 12.2 Å². The molecule has 0 bridgehead atoms. The molecule has 3 heterocycles. The van der Waals surface area contributed by atoms with Gasteiger partial charge in [-0.05, 0) is 18.9 Å². The number of H-pyrrole nitrogens is 2. The van der Waals surface area contributed by atoms with Crippen molar-refractivity contribution in [1.82, 2.24) is 19.9 Å². The molecule has 7 N–H and O–H groups in total. The van der Waals surface area contributed by atoms with E-state index in [1.165, 1.54) is 0 Å². The maximum atomic E-state index is 12.3. The molecule has 0 spiro atoms. The molecule has 2 aromatic heterocycles. The fraction of sp³-hybridized carbons (Fsp3) is 0.438. The molecule has 10 heteroatoms. The quantitative estimate of drug-likeness (QED) is 0.362. The van der Waals surface area contributed by atoms with E-state index in [1.54, 1.807) is 13.1 Å². The summed E-state index contributed by atoms with van der Waals surface area (Å²) in [7, 11) is 1.74. The number of aliphatic hydroxyl groups is 2. The minimum Gasteiger partial charge on any atom is -0.388 e. The summed E-state index contributed by atoms with van der Waals surface area (Å²) >= 11 is 0. The summed E-state index contributed by atoms with van der Waals surface area (Å²) in [5.41, 5.74) is 7.98. The first-order chi connectivity index (χ1) is 12.5. The number of nitrogen functional groups attached to an aromatic ring is 1. The van der Waals surface area contributed by atoms with E-state index in [-0.39, 0.29) is 18.1 Å². The minimum atomic E-state index is -0.936. The molecule has 1 aromatic carbocycles. The van der Waals surface area contributed by atoms with Crippen LogP contribution in [0.4, 0.5) is 11.9 Å². The number of ether oxygens (including phenoxy) is 1. The standard InChI is InChI=1S/C16H20N6O4/c1-18-16-19-8-4-7-11(20-15(17)22-14(7)25)6(12(8)21-16)2-3-10-13(24)9(23)5-26-10/h4,9-10,13,23-24H,2-3,5H2,1H3,(H2,18,19,21)(H3,17,20,22,25)/t9-,10+,13-/m0/s1. The van der Waals surface area contributed by atoms with Gasteiger partial charge in [-0.2, -0.15) is 0 Å². The second-order valence-corrected chi connectivity index (χ2v) is 6.40. The van der Waals surface area contributed by atoms with Crippen LogP contribution in [0.1, 0.15) is 12.0 Å². The number of nitrogens with one attached hydrogen (secondary N) is 3. The van der Waals surface area contributed by atoms with Crippen LogP contribution >= 0.6 is 0 Å². The molecule has 1 aliphatic rings. The second kappa shape index (κ2) is 6.24. The number of nitrogens with zero attached hydrogens (tertiary/aromatic N) is 2. The van der Waals surface area contributed by atoms with Crippen LogP contribution in [-0.4, -0.2) is 62.1 Å². The van der Waals surface area contributed by atoms with Crippen LogP contribution in [-0.2, 0) is 11.2 Å². The van der Waals surface area contributed by atoms with Gasteiger partial charge in [0, 0.05) is 12.6 Å². The topological polar surface area (TPSA) is 162 Å². The molecular formula is C16H20N6O4. The van der Waals surface area contributed by atoms with Gasteiger partial charge in [-0.3, -0.25) is 9.78 Å². The second-order valence-electron chi connectivity index (χ2n) is 6.40. The normalized spacial score (nSPS) is 23.1. The summed E-state index contributed by atoms with van der Waals surface area (Å²) in [5.74, 6) is 0.591. The van der Waals surface area contributed by atoms with Crippen LogP contribution < -0.4 is 16.6 Å². The number of aromatic amines is 2. The number of rotatable bonds is 4. The highest BCUT2D eigenvalue weighted by Gasteiger charge is 2.34. The number of hydrogen-bond acceptors (Lipinski definition) is 8. The fourth-order valence-corrected chi connectivity index (χ4v) is 3.40. The lowest BCUT2D eigenvalue weighted by molar-refractivity contribution is 0.0197. The number of imidazole rings is 1. The van der Waals surface area contributed by atoms with Crippen molar-refractivity contribution < 1.29 is 14.9 Å². The lowest BCUT2D eigenvalue weighted by Gasteiger charge is -2.15. The minimum absolute atomic E-state index is 0.0278. The molecule has 0 saturated carbocycles. The summed E-state index contributed by atoms with van der Waals surface area (Å²) in [5, 5.41) is 23.0. The van der Waals surface area contributed by atoms with Crippen molar-refractivity contribution >= 4 is 33.8 Å². The summed E-state index contributed by atoms with van der Waals surface area (Å²) < 4.78 is 5.44. The van der Waals surface area contributed by atoms with Crippen molar-refractivity contribution in [3.8, 4) is 0 Å². The van der Waals surface area contributed by atoms with Crippen LogP contribution in [0, 0.1) is 0 Å².